The number of nitrogens with two attached hydrogens (primary N) is 1. The summed E-state index contributed by atoms with van der Waals surface area (Å²) in [6, 6.07) is 0. The summed E-state index contributed by atoms with van der Waals surface area (Å²) >= 11 is 0. The van der Waals surface area contributed by atoms with Crippen LogP contribution in [0.5, 0.6) is 0 Å². The van der Waals surface area contributed by atoms with E-state index in [9.17, 15) is 4.79 Å². The smallest absolute Gasteiger partial charge is 0.133 e. The lowest BCUT2D eigenvalue weighted by Gasteiger charge is -2.17. The minimum Gasteiger partial charge on any atom is -0.326 e. The van der Waals surface area contributed by atoms with E-state index in [4.69, 9.17) is 5.73 Å². The highest BCUT2D eigenvalue weighted by Crippen LogP contribution is 2.09. The standard InChI is InChI=1S/C10H19NO/c1-4-5-6-9(12)7-8-10(2,3)11/h4H,1,5-8,11H2,2-3H3. The van der Waals surface area contributed by atoms with E-state index in [1.165, 1.54) is 0 Å². The molecule has 0 aliphatic carbocycles. The van der Waals surface area contributed by atoms with Gasteiger partial charge in [-0.25, -0.2) is 0 Å². The highest BCUT2D eigenvalue weighted by Gasteiger charge is 2.12. The third-order valence-corrected chi connectivity index (χ3v) is 1.68. The van der Waals surface area contributed by atoms with Crippen LogP contribution in [0.25, 0.3) is 0 Å². The first-order chi connectivity index (χ1) is 5.45. The zero-order valence-corrected chi connectivity index (χ0v) is 8.10. The Morgan fingerprint density at radius 3 is 2.50 bits per heavy atom. The van der Waals surface area contributed by atoms with Crippen LogP contribution in [0.4, 0.5) is 0 Å². The number of rotatable bonds is 6. The maximum Gasteiger partial charge on any atom is 0.133 e. The van der Waals surface area contributed by atoms with Gasteiger partial charge in [-0.15, -0.1) is 6.58 Å². The molecule has 70 valence electrons. The molecule has 0 aliphatic heterocycles. The molecule has 2 nitrogen and oxygen atoms in total. The molecule has 0 bridgehead atoms. The first-order valence-electron chi connectivity index (χ1n) is 4.37. The monoisotopic (exact) mass is 169 g/mol. The first-order valence-corrected chi connectivity index (χ1v) is 4.37. The molecule has 0 amide bonds. The van der Waals surface area contributed by atoms with Crippen molar-refractivity contribution in [1.82, 2.24) is 0 Å². The van der Waals surface area contributed by atoms with Crippen LogP contribution >= 0.6 is 0 Å². The third-order valence-electron chi connectivity index (χ3n) is 1.68. The molecule has 2 N–H and O–H groups in total. The number of carbonyl (C=O) groups excluding carboxylic acids is 1. The maximum atomic E-state index is 11.1. The lowest BCUT2D eigenvalue weighted by Crippen LogP contribution is -2.32. The Kier molecular flexibility index (Phi) is 4.83. The third kappa shape index (κ3) is 7.48. The van der Waals surface area contributed by atoms with Gasteiger partial charge < -0.3 is 5.73 Å². The summed E-state index contributed by atoms with van der Waals surface area (Å²) in [5.74, 6) is 0.286. The van der Waals surface area contributed by atoms with Crippen LogP contribution in [0.2, 0.25) is 0 Å². The number of carbonyl (C=O) groups is 1. The second kappa shape index (κ2) is 5.09. The molecule has 0 rings (SSSR count). The highest BCUT2D eigenvalue weighted by molar-refractivity contribution is 5.78. The summed E-state index contributed by atoms with van der Waals surface area (Å²) < 4.78 is 0. The average molecular weight is 169 g/mol. The molecule has 0 unspecified atom stereocenters. The Morgan fingerprint density at radius 1 is 1.50 bits per heavy atom. The molecule has 0 fully saturated rings. The fraction of sp³-hybridized carbons (Fsp3) is 0.700. The lowest BCUT2D eigenvalue weighted by molar-refractivity contribution is -0.119. The molecule has 0 aliphatic rings. The number of ketones is 1. The average Bonchev–Trinajstić information content (AvgIpc) is 1.95. The van der Waals surface area contributed by atoms with Crippen molar-refractivity contribution < 1.29 is 4.79 Å². The SMILES string of the molecule is C=CCCC(=O)CCC(C)(C)N. The van der Waals surface area contributed by atoms with Gasteiger partial charge >= 0.3 is 0 Å². The van der Waals surface area contributed by atoms with Crippen LogP contribution < -0.4 is 5.73 Å². The molecule has 0 aromatic heterocycles. The van der Waals surface area contributed by atoms with Gasteiger partial charge in [-0.2, -0.15) is 0 Å². The van der Waals surface area contributed by atoms with Crippen LogP contribution in [-0.4, -0.2) is 11.3 Å². The predicted octanol–water partition coefficient (Wildman–Crippen LogP) is 2.04. The summed E-state index contributed by atoms with van der Waals surface area (Å²) in [4.78, 5) is 11.1. The normalized spacial score (nSPS) is 11.2. The van der Waals surface area contributed by atoms with Crippen molar-refractivity contribution in [2.24, 2.45) is 5.73 Å². The molecule has 0 aromatic carbocycles. The fourth-order valence-electron chi connectivity index (χ4n) is 0.850. The van der Waals surface area contributed by atoms with Crippen LogP contribution in [0.15, 0.2) is 12.7 Å². The minimum atomic E-state index is -0.218. The molecule has 0 aromatic rings. The van der Waals surface area contributed by atoms with Crippen molar-refractivity contribution in [3.63, 3.8) is 0 Å². The Balaban J connectivity index is 3.51. The van der Waals surface area contributed by atoms with Gasteiger partial charge in [0.2, 0.25) is 0 Å². The molecule has 12 heavy (non-hydrogen) atoms. The number of Topliss-reactive ketones (excluding diaryl/α,β-unsaturated/α-hetero) is 1. The van der Waals surface area contributed by atoms with E-state index in [2.05, 4.69) is 6.58 Å². The van der Waals surface area contributed by atoms with Gasteiger partial charge in [-0.05, 0) is 26.7 Å². The van der Waals surface area contributed by atoms with E-state index in [0.29, 0.717) is 12.8 Å². The largest absolute Gasteiger partial charge is 0.326 e. The molecule has 0 atom stereocenters. The van der Waals surface area contributed by atoms with Crippen molar-refractivity contribution in [2.45, 2.75) is 45.1 Å². The molecule has 0 radical (unpaired) electrons. The molecule has 0 saturated heterocycles. The lowest BCUT2D eigenvalue weighted by atomic mass is 9.97. The first kappa shape index (κ1) is 11.4. The molecule has 0 saturated carbocycles. The maximum absolute atomic E-state index is 11.1. The second-order valence-electron chi connectivity index (χ2n) is 3.85. The van der Waals surface area contributed by atoms with Gasteiger partial charge in [0.15, 0.2) is 0 Å². The Hall–Kier alpha value is -0.630. The van der Waals surface area contributed by atoms with Crippen molar-refractivity contribution in [3.05, 3.63) is 12.7 Å². The van der Waals surface area contributed by atoms with Crippen LogP contribution in [0.1, 0.15) is 39.5 Å². The number of allylic oxidation sites excluding steroid dienone is 1. The molecule has 2 heteroatoms. The topological polar surface area (TPSA) is 43.1 Å². The van der Waals surface area contributed by atoms with Crippen molar-refractivity contribution >= 4 is 5.78 Å². The van der Waals surface area contributed by atoms with Crippen molar-refractivity contribution in [1.29, 1.82) is 0 Å². The van der Waals surface area contributed by atoms with Gasteiger partial charge in [0.05, 0.1) is 0 Å². The summed E-state index contributed by atoms with van der Waals surface area (Å²) in [6.45, 7) is 7.44. The molecular formula is C10H19NO. The van der Waals surface area contributed by atoms with E-state index < -0.39 is 0 Å². The summed E-state index contributed by atoms with van der Waals surface area (Å²) in [6.07, 6.45) is 4.52. The van der Waals surface area contributed by atoms with E-state index in [0.717, 1.165) is 12.8 Å². The summed E-state index contributed by atoms with van der Waals surface area (Å²) in [5.41, 5.74) is 5.52. The minimum absolute atomic E-state index is 0.218. The quantitative estimate of drug-likeness (QED) is 0.618. The Bertz CT molecular complexity index is 156. The van der Waals surface area contributed by atoms with Gasteiger partial charge in [-0.1, -0.05) is 6.08 Å². The van der Waals surface area contributed by atoms with Gasteiger partial charge in [0.25, 0.3) is 0 Å². The van der Waals surface area contributed by atoms with Crippen molar-refractivity contribution in [3.8, 4) is 0 Å². The predicted molar refractivity (Wildman–Crippen MR) is 51.9 cm³/mol. The zero-order chi connectivity index (χ0) is 9.61. The van der Waals surface area contributed by atoms with Crippen LogP contribution in [-0.2, 0) is 4.79 Å². The summed E-state index contributed by atoms with van der Waals surface area (Å²) in [5, 5.41) is 0. The highest BCUT2D eigenvalue weighted by atomic mass is 16.1. The molecular weight excluding hydrogens is 150 g/mol. The Labute approximate surface area is 74.8 Å². The van der Waals surface area contributed by atoms with E-state index in [-0.39, 0.29) is 11.3 Å². The number of hydrogen-bond donors (Lipinski definition) is 1. The van der Waals surface area contributed by atoms with E-state index >= 15 is 0 Å². The zero-order valence-electron chi connectivity index (χ0n) is 8.10. The molecule has 0 heterocycles. The van der Waals surface area contributed by atoms with Gasteiger partial charge in [0.1, 0.15) is 5.78 Å². The summed E-state index contributed by atoms with van der Waals surface area (Å²) in [7, 11) is 0. The van der Waals surface area contributed by atoms with Crippen molar-refractivity contribution in [2.75, 3.05) is 0 Å². The van der Waals surface area contributed by atoms with Crippen LogP contribution in [0.3, 0.4) is 0 Å². The second-order valence-corrected chi connectivity index (χ2v) is 3.85. The van der Waals surface area contributed by atoms with Crippen LogP contribution in [0, 0.1) is 0 Å². The van der Waals surface area contributed by atoms with Gasteiger partial charge in [-0.3, -0.25) is 4.79 Å². The molecule has 0 spiro atoms. The van der Waals surface area contributed by atoms with E-state index in [1.54, 1.807) is 6.08 Å². The Morgan fingerprint density at radius 2 is 2.08 bits per heavy atom. The van der Waals surface area contributed by atoms with Gasteiger partial charge in [0, 0.05) is 18.4 Å². The number of hydrogen-bond acceptors (Lipinski definition) is 2. The fourth-order valence-corrected chi connectivity index (χ4v) is 0.850. The van der Waals surface area contributed by atoms with E-state index in [1.807, 2.05) is 13.8 Å².